The van der Waals surface area contributed by atoms with Crippen LogP contribution < -0.4 is 15.5 Å². The highest BCUT2D eigenvalue weighted by Crippen LogP contribution is 2.22. The molecule has 0 spiro atoms. The number of carbonyl (C=O) groups is 2. The summed E-state index contributed by atoms with van der Waals surface area (Å²) in [7, 11) is 1.58. The summed E-state index contributed by atoms with van der Waals surface area (Å²) >= 11 is 0. The highest BCUT2D eigenvalue weighted by molar-refractivity contribution is 5.90. The summed E-state index contributed by atoms with van der Waals surface area (Å²) in [6.45, 7) is 0.270. The lowest BCUT2D eigenvalue weighted by atomic mass is 10.2. The number of oxazole rings is 1. The molecule has 23 heavy (non-hydrogen) atoms. The number of hydroxylamine groups is 1. The monoisotopic (exact) mass is 319 g/mol. The van der Waals surface area contributed by atoms with E-state index in [0.29, 0.717) is 12.2 Å². The molecule has 0 unspecified atom stereocenters. The van der Waals surface area contributed by atoms with E-state index in [4.69, 9.17) is 14.4 Å². The second-order valence-corrected chi connectivity index (χ2v) is 4.65. The van der Waals surface area contributed by atoms with E-state index >= 15 is 0 Å². The van der Waals surface area contributed by atoms with Crippen molar-refractivity contribution < 1.29 is 24.0 Å². The molecule has 0 fully saturated rings. The van der Waals surface area contributed by atoms with Crippen LogP contribution in [0, 0.1) is 0 Å². The first-order chi connectivity index (χ1) is 11.1. The average Bonchev–Trinajstić information content (AvgIpc) is 3.08. The first kappa shape index (κ1) is 16.5. The number of nitrogens with zero attached hydrogens (tertiary/aromatic N) is 1. The Bertz CT molecular complexity index is 666. The van der Waals surface area contributed by atoms with Gasteiger partial charge in [0.2, 0.25) is 5.91 Å². The van der Waals surface area contributed by atoms with Crippen LogP contribution in [0.25, 0.3) is 11.3 Å². The smallest absolute Gasteiger partial charge is 0.307 e. The van der Waals surface area contributed by atoms with E-state index in [-0.39, 0.29) is 18.9 Å². The fourth-order valence-corrected chi connectivity index (χ4v) is 1.85. The van der Waals surface area contributed by atoms with Crippen LogP contribution in [0.1, 0.15) is 23.5 Å². The van der Waals surface area contributed by atoms with E-state index in [0.717, 1.165) is 11.3 Å². The Balaban J connectivity index is 1.90. The summed E-state index contributed by atoms with van der Waals surface area (Å²) in [5.41, 5.74) is 2.30. The molecule has 0 aliphatic rings. The van der Waals surface area contributed by atoms with Crippen molar-refractivity contribution in [3.8, 4) is 17.1 Å². The first-order valence-electron chi connectivity index (χ1n) is 6.95. The lowest BCUT2D eigenvalue weighted by Gasteiger charge is -2.02. The maximum atomic E-state index is 11.9. The molecule has 1 heterocycles. The van der Waals surface area contributed by atoms with E-state index in [9.17, 15) is 9.59 Å². The molecule has 0 bridgehead atoms. The Hall–Kier alpha value is -2.87. The zero-order valence-corrected chi connectivity index (χ0v) is 12.5. The summed E-state index contributed by atoms with van der Waals surface area (Å²) in [4.78, 5) is 26.6. The molecule has 1 aromatic carbocycles. The number of benzene rings is 1. The Labute approximate surface area is 132 Å². The van der Waals surface area contributed by atoms with Gasteiger partial charge in [0.05, 0.1) is 13.3 Å². The van der Waals surface area contributed by atoms with Gasteiger partial charge in [0, 0.05) is 18.5 Å². The molecule has 0 atom stereocenters. The Morgan fingerprint density at radius 3 is 2.70 bits per heavy atom. The van der Waals surface area contributed by atoms with Gasteiger partial charge in [-0.25, -0.2) is 10.5 Å². The number of rotatable bonds is 7. The van der Waals surface area contributed by atoms with Gasteiger partial charge in [-0.05, 0) is 30.7 Å². The third kappa shape index (κ3) is 4.55. The van der Waals surface area contributed by atoms with Crippen molar-refractivity contribution in [3.05, 3.63) is 36.4 Å². The van der Waals surface area contributed by atoms with Crippen LogP contribution >= 0.6 is 0 Å². The highest BCUT2D eigenvalue weighted by Gasteiger charge is 2.14. The van der Waals surface area contributed by atoms with Crippen LogP contribution in [0.3, 0.4) is 0 Å². The fraction of sp³-hybridized carbons (Fsp3) is 0.267. The van der Waals surface area contributed by atoms with Crippen LogP contribution in [-0.4, -0.2) is 35.7 Å². The van der Waals surface area contributed by atoms with Gasteiger partial charge in [-0.3, -0.25) is 14.8 Å². The van der Waals surface area contributed by atoms with Crippen LogP contribution in [-0.2, 0) is 4.79 Å². The number of aromatic nitrogens is 1. The molecule has 8 nitrogen and oxygen atoms in total. The number of hydrogen-bond acceptors (Lipinski definition) is 6. The van der Waals surface area contributed by atoms with Gasteiger partial charge < -0.3 is 14.5 Å². The highest BCUT2D eigenvalue weighted by atomic mass is 16.5. The van der Waals surface area contributed by atoms with E-state index in [1.54, 1.807) is 31.4 Å². The number of carbonyl (C=O) groups excluding carboxylic acids is 2. The van der Waals surface area contributed by atoms with Gasteiger partial charge in [0.1, 0.15) is 5.75 Å². The second-order valence-electron chi connectivity index (χ2n) is 4.65. The number of methoxy groups -OCH3 is 1. The maximum absolute atomic E-state index is 11.9. The number of amides is 2. The largest absolute Gasteiger partial charge is 0.497 e. The second kappa shape index (κ2) is 7.95. The van der Waals surface area contributed by atoms with E-state index in [2.05, 4.69) is 10.3 Å². The van der Waals surface area contributed by atoms with Gasteiger partial charge in [0.15, 0.2) is 5.76 Å². The zero-order valence-electron chi connectivity index (χ0n) is 12.5. The van der Waals surface area contributed by atoms with Crippen molar-refractivity contribution in [1.29, 1.82) is 0 Å². The zero-order chi connectivity index (χ0) is 16.7. The summed E-state index contributed by atoms with van der Waals surface area (Å²) < 4.78 is 10.5. The van der Waals surface area contributed by atoms with E-state index in [1.165, 1.54) is 11.7 Å². The fourth-order valence-electron chi connectivity index (χ4n) is 1.85. The van der Waals surface area contributed by atoms with Crippen LogP contribution in [0.4, 0.5) is 0 Å². The quantitative estimate of drug-likeness (QED) is 0.403. The van der Waals surface area contributed by atoms with E-state index in [1.807, 2.05) is 0 Å². The lowest BCUT2D eigenvalue weighted by Crippen LogP contribution is -2.26. The van der Waals surface area contributed by atoms with Crippen LogP contribution in [0.2, 0.25) is 0 Å². The molecule has 8 heteroatoms. The molecule has 0 radical (unpaired) electrons. The van der Waals surface area contributed by atoms with Crippen molar-refractivity contribution in [2.24, 2.45) is 0 Å². The van der Waals surface area contributed by atoms with Crippen LogP contribution in [0.5, 0.6) is 5.75 Å². The predicted molar refractivity (Wildman–Crippen MR) is 80.0 cm³/mol. The summed E-state index contributed by atoms with van der Waals surface area (Å²) in [5.74, 6) is 0.171. The first-order valence-corrected chi connectivity index (χ1v) is 6.95. The SMILES string of the molecule is COc1ccc(-c2cnc(C(=O)NCCCC(=O)NO)o2)cc1. The maximum Gasteiger partial charge on any atom is 0.307 e. The molecule has 1 aromatic heterocycles. The van der Waals surface area contributed by atoms with Crippen molar-refractivity contribution in [2.45, 2.75) is 12.8 Å². The number of nitrogens with one attached hydrogen (secondary N) is 2. The Kier molecular flexibility index (Phi) is 5.70. The Morgan fingerprint density at radius 1 is 1.30 bits per heavy atom. The van der Waals surface area contributed by atoms with Gasteiger partial charge in [0.25, 0.3) is 5.89 Å². The molecule has 3 N–H and O–H groups in total. The summed E-state index contributed by atoms with van der Waals surface area (Å²) in [6.07, 6.45) is 1.97. The minimum atomic E-state index is -0.503. The average molecular weight is 319 g/mol. The predicted octanol–water partition coefficient (Wildman–Crippen LogP) is 1.37. The molecule has 122 valence electrons. The third-order valence-corrected chi connectivity index (χ3v) is 3.07. The van der Waals surface area contributed by atoms with Gasteiger partial charge >= 0.3 is 5.91 Å². The van der Waals surface area contributed by atoms with Gasteiger partial charge in [-0.2, -0.15) is 0 Å². The minimum Gasteiger partial charge on any atom is -0.497 e. The molecule has 2 aromatic rings. The van der Waals surface area contributed by atoms with E-state index < -0.39 is 11.8 Å². The third-order valence-electron chi connectivity index (χ3n) is 3.07. The van der Waals surface area contributed by atoms with Crippen molar-refractivity contribution in [3.63, 3.8) is 0 Å². The molecule has 0 aliphatic carbocycles. The van der Waals surface area contributed by atoms with Crippen LogP contribution in [0.15, 0.2) is 34.9 Å². The molecule has 0 aliphatic heterocycles. The minimum absolute atomic E-state index is 0.0533. The number of ether oxygens (including phenoxy) is 1. The standard InChI is InChI=1S/C15H17N3O5/c1-22-11-6-4-10(5-7-11)12-9-17-15(23-12)14(20)16-8-2-3-13(19)18-21/h4-7,9,21H,2-3,8H2,1H3,(H,16,20)(H,18,19). The summed E-state index contributed by atoms with van der Waals surface area (Å²) in [6, 6.07) is 7.16. The topological polar surface area (TPSA) is 114 Å². The summed E-state index contributed by atoms with van der Waals surface area (Å²) in [5, 5.41) is 10.9. The molecular weight excluding hydrogens is 302 g/mol. The lowest BCUT2D eigenvalue weighted by molar-refractivity contribution is -0.129. The molecule has 0 saturated carbocycles. The molecule has 0 saturated heterocycles. The van der Waals surface area contributed by atoms with Gasteiger partial charge in [-0.1, -0.05) is 0 Å². The number of hydrogen-bond donors (Lipinski definition) is 3. The van der Waals surface area contributed by atoms with Crippen molar-refractivity contribution in [1.82, 2.24) is 15.8 Å². The van der Waals surface area contributed by atoms with Gasteiger partial charge in [-0.15, -0.1) is 0 Å². The van der Waals surface area contributed by atoms with Crippen molar-refractivity contribution >= 4 is 11.8 Å². The molecule has 2 rings (SSSR count). The molecule has 2 amide bonds. The Morgan fingerprint density at radius 2 is 2.04 bits per heavy atom. The van der Waals surface area contributed by atoms with Crippen molar-refractivity contribution in [2.75, 3.05) is 13.7 Å². The molecular formula is C15H17N3O5. The normalized spacial score (nSPS) is 10.2.